The van der Waals surface area contributed by atoms with Crippen LogP contribution in [0.25, 0.3) is 17.0 Å². The Kier molecular flexibility index (Phi) is 10.4. The van der Waals surface area contributed by atoms with Gasteiger partial charge in [0.15, 0.2) is 0 Å². The average molecular weight is 800 g/mol. The lowest BCUT2D eigenvalue weighted by atomic mass is 9.58. The van der Waals surface area contributed by atoms with E-state index >= 15 is 0 Å². The molecule has 5 nitrogen and oxygen atoms in total. The van der Waals surface area contributed by atoms with E-state index in [4.69, 9.17) is 0 Å². The Balaban J connectivity index is 1.00. The molecule has 9 aliphatic rings. The highest BCUT2D eigenvalue weighted by atomic mass is 15.4. The van der Waals surface area contributed by atoms with Gasteiger partial charge in [0.25, 0.3) is 0 Å². The number of nitrogens with one attached hydrogen (secondary N) is 2. The third-order valence-corrected chi connectivity index (χ3v) is 17.7. The van der Waals surface area contributed by atoms with Gasteiger partial charge in [0.05, 0.1) is 23.8 Å². The van der Waals surface area contributed by atoms with Crippen molar-refractivity contribution < 1.29 is 0 Å². The molecule has 5 heteroatoms. The van der Waals surface area contributed by atoms with Crippen LogP contribution in [-0.4, -0.2) is 28.2 Å². The van der Waals surface area contributed by atoms with Crippen molar-refractivity contribution in [3.05, 3.63) is 107 Å². The van der Waals surface area contributed by atoms with Crippen molar-refractivity contribution in [1.82, 2.24) is 14.8 Å². The maximum absolute atomic E-state index is 9.74. The number of rotatable bonds is 6. The fourth-order valence-corrected chi connectivity index (χ4v) is 14.9. The number of anilines is 1. The summed E-state index contributed by atoms with van der Waals surface area (Å²) in [6, 6.07) is 12.2. The van der Waals surface area contributed by atoms with Gasteiger partial charge in [0.2, 0.25) is 0 Å². The molecule has 0 spiro atoms. The number of fused-ring (bicyclic) bond motifs is 5. The van der Waals surface area contributed by atoms with Gasteiger partial charge in [0, 0.05) is 46.9 Å². The SMILES string of the molecule is CC1CC=CC(C2=CC(N3C4=C(CCCC4)C4(C)CCC=CC34)NC(n3c4c(c5ccccc53)C=CCN4)C2)C1C1CCCC=C1C1CCC=CC1C1CCC(C#N)CC1. The van der Waals surface area contributed by atoms with E-state index in [9.17, 15) is 5.26 Å². The van der Waals surface area contributed by atoms with Gasteiger partial charge in [-0.05, 0) is 156 Å². The van der Waals surface area contributed by atoms with Crippen molar-refractivity contribution in [2.75, 3.05) is 11.9 Å². The van der Waals surface area contributed by atoms with Gasteiger partial charge >= 0.3 is 0 Å². The van der Waals surface area contributed by atoms with E-state index < -0.39 is 0 Å². The molecule has 2 N–H and O–H groups in total. The lowest BCUT2D eigenvalue weighted by Crippen LogP contribution is -2.54. The smallest absolute Gasteiger partial charge is 0.116 e. The average Bonchev–Trinajstić information content (AvgIpc) is 3.78. The van der Waals surface area contributed by atoms with Crippen LogP contribution in [0.3, 0.4) is 0 Å². The van der Waals surface area contributed by atoms with Crippen LogP contribution in [0.15, 0.2) is 101 Å². The van der Waals surface area contributed by atoms with Gasteiger partial charge in [-0.1, -0.05) is 97.9 Å². The van der Waals surface area contributed by atoms with Gasteiger partial charge in [-0.25, -0.2) is 0 Å². The highest BCUT2D eigenvalue weighted by Crippen LogP contribution is 2.57. The van der Waals surface area contributed by atoms with Crippen molar-refractivity contribution in [2.24, 2.45) is 52.8 Å². The third kappa shape index (κ3) is 6.48. The van der Waals surface area contributed by atoms with Crippen molar-refractivity contribution in [2.45, 2.75) is 141 Å². The summed E-state index contributed by atoms with van der Waals surface area (Å²) in [6.45, 7) is 6.09. The van der Waals surface area contributed by atoms with Crippen LogP contribution in [0.2, 0.25) is 0 Å². The highest BCUT2D eigenvalue weighted by molar-refractivity contribution is 5.97. The zero-order valence-corrected chi connectivity index (χ0v) is 36.5. The maximum Gasteiger partial charge on any atom is 0.116 e. The zero-order valence-electron chi connectivity index (χ0n) is 36.5. The maximum atomic E-state index is 9.74. The fraction of sp³-hybridized carbons (Fsp3) is 0.582. The van der Waals surface area contributed by atoms with E-state index in [0.717, 1.165) is 31.7 Å². The number of nitrogens with zero attached hydrogens (tertiary/aromatic N) is 3. The van der Waals surface area contributed by atoms with Crippen LogP contribution in [0.1, 0.15) is 135 Å². The first-order valence-corrected chi connectivity index (χ1v) is 24.6. The largest absolute Gasteiger partial charge is 0.367 e. The molecule has 0 radical (unpaired) electrons. The molecule has 1 saturated carbocycles. The normalized spacial score (nSPS) is 38.8. The summed E-state index contributed by atoms with van der Waals surface area (Å²) in [5.41, 5.74) is 9.83. The molecule has 4 heterocycles. The summed E-state index contributed by atoms with van der Waals surface area (Å²) in [6.07, 6.45) is 46.8. The van der Waals surface area contributed by atoms with Crippen LogP contribution in [0.4, 0.5) is 5.82 Å². The Labute approximate surface area is 360 Å². The molecular formula is C55H69N5. The topological polar surface area (TPSA) is 56.0 Å². The summed E-state index contributed by atoms with van der Waals surface area (Å²) in [5, 5.41) is 19.4. The molecule has 3 aliphatic heterocycles. The number of hydrogen-bond donors (Lipinski definition) is 2. The van der Waals surface area contributed by atoms with E-state index in [2.05, 4.69) is 125 Å². The number of para-hydroxylation sites is 1. The minimum absolute atomic E-state index is 0.136. The van der Waals surface area contributed by atoms with Crippen LogP contribution in [0, 0.1) is 64.1 Å². The van der Waals surface area contributed by atoms with E-state index in [1.807, 2.05) is 5.57 Å². The minimum atomic E-state index is 0.136. The second kappa shape index (κ2) is 16.0. The summed E-state index contributed by atoms with van der Waals surface area (Å²) in [4.78, 5) is 2.92. The number of hydrogen-bond acceptors (Lipinski definition) is 4. The van der Waals surface area contributed by atoms with Crippen LogP contribution < -0.4 is 10.6 Å². The minimum Gasteiger partial charge on any atom is -0.367 e. The van der Waals surface area contributed by atoms with Gasteiger partial charge in [-0.3, -0.25) is 5.32 Å². The third-order valence-electron chi connectivity index (χ3n) is 17.7. The fourth-order valence-electron chi connectivity index (χ4n) is 14.9. The number of allylic oxidation sites excluding steroid dienone is 8. The number of nitriles is 1. The molecule has 60 heavy (non-hydrogen) atoms. The highest BCUT2D eigenvalue weighted by Gasteiger charge is 2.52. The summed E-state index contributed by atoms with van der Waals surface area (Å²) in [5.74, 6) is 5.84. The first-order valence-electron chi connectivity index (χ1n) is 24.6. The lowest BCUT2D eigenvalue weighted by molar-refractivity contribution is 0.121. The first kappa shape index (κ1) is 38.9. The summed E-state index contributed by atoms with van der Waals surface area (Å²) < 4.78 is 2.67. The molecule has 1 fully saturated rings. The van der Waals surface area contributed by atoms with Crippen molar-refractivity contribution in [3.63, 3.8) is 0 Å². The molecule has 10 unspecified atom stereocenters. The Bertz CT molecular complexity index is 2230. The Morgan fingerprint density at radius 2 is 1.73 bits per heavy atom. The second-order valence-electron chi connectivity index (χ2n) is 20.8. The van der Waals surface area contributed by atoms with E-state index in [-0.39, 0.29) is 23.7 Å². The quantitative estimate of drug-likeness (QED) is 0.286. The summed E-state index contributed by atoms with van der Waals surface area (Å²) in [7, 11) is 0. The molecule has 10 atom stereocenters. The van der Waals surface area contributed by atoms with E-state index in [1.165, 1.54) is 112 Å². The molecule has 1 aromatic carbocycles. The number of benzene rings is 1. The summed E-state index contributed by atoms with van der Waals surface area (Å²) >= 11 is 0. The van der Waals surface area contributed by atoms with E-state index in [0.29, 0.717) is 41.5 Å². The first-order chi connectivity index (χ1) is 29.5. The van der Waals surface area contributed by atoms with Crippen molar-refractivity contribution >= 4 is 22.8 Å². The second-order valence-corrected chi connectivity index (χ2v) is 20.8. The van der Waals surface area contributed by atoms with Crippen LogP contribution in [0.5, 0.6) is 0 Å². The molecule has 314 valence electrons. The van der Waals surface area contributed by atoms with Gasteiger partial charge in [0.1, 0.15) is 12.0 Å². The molecule has 2 aromatic rings. The van der Waals surface area contributed by atoms with Crippen molar-refractivity contribution in [3.8, 4) is 6.07 Å². The van der Waals surface area contributed by atoms with Gasteiger partial charge < -0.3 is 14.8 Å². The monoisotopic (exact) mass is 800 g/mol. The molecule has 0 bridgehead atoms. The molecule has 6 aliphatic carbocycles. The van der Waals surface area contributed by atoms with Gasteiger partial charge in [-0.15, -0.1) is 0 Å². The predicted octanol–water partition coefficient (Wildman–Crippen LogP) is 13.2. The lowest BCUT2D eigenvalue weighted by Gasteiger charge is -2.49. The molecule has 0 saturated heterocycles. The molecule has 0 amide bonds. The Hall–Kier alpha value is -4.01. The van der Waals surface area contributed by atoms with E-state index in [1.54, 1.807) is 16.8 Å². The Morgan fingerprint density at radius 3 is 2.63 bits per heavy atom. The predicted molar refractivity (Wildman–Crippen MR) is 247 cm³/mol. The van der Waals surface area contributed by atoms with Crippen LogP contribution in [-0.2, 0) is 0 Å². The standard InChI is InChI=1S/C55H69N5/c1-36-15-13-21-41(53(36)45-20-6-5-18-43(45)42-17-4-3-16-40(42)38-29-27-37(35-56)28-30-38)39-33-51(59-49-25-10-8-23-47(49)55(2)31-12-11-26-50(55)59)58-52(34-39)60-48-24-9-7-19-44(48)46-22-14-32-57-54(46)60/h3,7,9,11,13-14,16,18-19,21-22,24,26,33,36-38,40-42,45,50-53,57-58H,4-6,8,10,12,15,17,20,23,25,27-32,34H2,1-2H3. The number of aromatic nitrogens is 1. The zero-order chi connectivity index (χ0) is 40.4. The molecular weight excluding hydrogens is 731 g/mol. The molecule has 11 rings (SSSR count). The Morgan fingerprint density at radius 1 is 0.867 bits per heavy atom. The van der Waals surface area contributed by atoms with Crippen molar-refractivity contribution in [1.29, 1.82) is 5.26 Å². The van der Waals surface area contributed by atoms with Gasteiger partial charge in [-0.2, -0.15) is 5.26 Å². The van der Waals surface area contributed by atoms with Crippen LogP contribution >= 0.6 is 0 Å². The molecule has 1 aromatic heterocycles.